The van der Waals surface area contributed by atoms with Crippen LogP contribution in [0.25, 0.3) is 0 Å². The number of fused-ring (bicyclic) bond motifs is 1. The van der Waals surface area contributed by atoms with Gasteiger partial charge < -0.3 is 37.0 Å². The number of aliphatic carboxylic acids is 1. The molecule has 0 aliphatic carbocycles. The van der Waals surface area contributed by atoms with Crippen LogP contribution in [0.4, 0.5) is 0 Å². The van der Waals surface area contributed by atoms with E-state index in [0.29, 0.717) is 31.0 Å². The molecule has 17 heteroatoms. The largest absolute Gasteiger partial charge is 0.477 e. The number of carbonyl (C=O) groups excluding carboxylic acids is 3. The molecule has 0 unspecified atom stereocenters. The number of guanidine groups is 1. The van der Waals surface area contributed by atoms with E-state index in [9.17, 15) is 24.3 Å². The molecule has 0 saturated carbocycles. The topological polar surface area (TPSA) is 227 Å². The van der Waals surface area contributed by atoms with Crippen molar-refractivity contribution in [3.05, 3.63) is 16.9 Å². The fourth-order valence-corrected chi connectivity index (χ4v) is 7.27. The molecule has 3 saturated heterocycles. The van der Waals surface area contributed by atoms with Crippen molar-refractivity contribution in [2.24, 2.45) is 28.3 Å². The molecule has 3 fully saturated rings. The summed E-state index contributed by atoms with van der Waals surface area (Å²) in [5, 5.41) is 26.7. The van der Waals surface area contributed by atoms with E-state index in [2.05, 4.69) is 31.2 Å². The number of hydrogen-bond donors (Lipinski definition) is 5. The Bertz CT molecular complexity index is 1230. The summed E-state index contributed by atoms with van der Waals surface area (Å²) in [5.41, 5.74) is 10.8. The number of carbonyl (C=O) groups is 4. The number of nitrogens with zero attached hydrogens (tertiary/aromatic N) is 7. The summed E-state index contributed by atoms with van der Waals surface area (Å²) in [6.45, 7) is 5.00. The molecule has 1 aromatic heterocycles. The van der Waals surface area contributed by atoms with E-state index in [1.54, 1.807) is 11.8 Å². The molecule has 4 aliphatic rings. The van der Waals surface area contributed by atoms with E-state index in [0.717, 1.165) is 0 Å². The first kappa shape index (κ1) is 26.9. The highest BCUT2D eigenvalue weighted by molar-refractivity contribution is 8.03. The van der Waals surface area contributed by atoms with Crippen LogP contribution in [0.1, 0.15) is 20.3 Å². The normalized spacial score (nSPS) is 29.0. The molecule has 0 bridgehead atoms. The van der Waals surface area contributed by atoms with Gasteiger partial charge in [0.15, 0.2) is 5.96 Å². The molecule has 5 heterocycles. The van der Waals surface area contributed by atoms with Crippen LogP contribution in [-0.2, 0) is 25.7 Å². The molecule has 0 spiro atoms. The summed E-state index contributed by atoms with van der Waals surface area (Å²) in [6, 6.07) is -1.36. The average Bonchev–Trinajstić information content (AvgIpc) is 3.56. The van der Waals surface area contributed by atoms with E-state index >= 15 is 0 Å². The Morgan fingerprint density at radius 3 is 2.72 bits per heavy atom. The third-order valence-corrected chi connectivity index (χ3v) is 9.12. The third kappa shape index (κ3) is 5.03. The monoisotopic (exact) mass is 561 g/mol. The molecule has 4 aliphatic heterocycles. The summed E-state index contributed by atoms with van der Waals surface area (Å²) >= 11 is 1.41. The van der Waals surface area contributed by atoms with Gasteiger partial charge in [0.25, 0.3) is 0 Å². The second-order valence-electron chi connectivity index (χ2n) is 10.3. The minimum absolute atomic E-state index is 0.00211. The Kier molecular flexibility index (Phi) is 7.19. The number of aromatic nitrogens is 4. The first-order valence-electron chi connectivity index (χ1n) is 12.6. The average molecular weight is 562 g/mol. The van der Waals surface area contributed by atoms with Crippen molar-refractivity contribution < 1.29 is 24.3 Å². The van der Waals surface area contributed by atoms with Crippen LogP contribution >= 0.6 is 11.8 Å². The summed E-state index contributed by atoms with van der Waals surface area (Å²) in [7, 11) is 0. The van der Waals surface area contributed by atoms with Gasteiger partial charge >= 0.3 is 5.97 Å². The van der Waals surface area contributed by atoms with E-state index in [4.69, 9.17) is 11.5 Å². The highest BCUT2D eigenvalue weighted by atomic mass is 32.2. The lowest BCUT2D eigenvalue weighted by Crippen LogP contribution is -2.66. The first-order valence-corrected chi connectivity index (χ1v) is 13.5. The Morgan fingerprint density at radius 1 is 1.33 bits per heavy atom. The fraction of sp³-hybridized carbons (Fsp3) is 0.636. The Hall–Kier alpha value is -3.73. The molecule has 0 radical (unpaired) electrons. The van der Waals surface area contributed by atoms with Crippen molar-refractivity contribution in [3.63, 3.8) is 0 Å². The van der Waals surface area contributed by atoms with E-state index < -0.39 is 17.9 Å². The van der Waals surface area contributed by atoms with Crippen LogP contribution in [0.3, 0.4) is 0 Å². The lowest BCUT2D eigenvalue weighted by Gasteiger charge is -2.47. The number of carboxylic acid groups (broad SMARTS) is 1. The summed E-state index contributed by atoms with van der Waals surface area (Å²) in [5.74, 6) is -2.69. The molecule has 6 atom stereocenters. The minimum atomic E-state index is -1.17. The second kappa shape index (κ2) is 10.4. The maximum Gasteiger partial charge on any atom is 0.353 e. The van der Waals surface area contributed by atoms with Gasteiger partial charge in [-0.05, 0) is 23.8 Å². The van der Waals surface area contributed by atoms with E-state index in [1.807, 2.05) is 6.92 Å². The van der Waals surface area contributed by atoms with Crippen LogP contribution in [0, 0.1) is 11.8 Å². The third-order valence-electron chi connectivity index (χ3n) is 7.60. The zero-order valence-electron chi connectivity index (χ0n) is 21.4. The van der Waals surface area contributed by atoms with Crippen LogP contribution in [-0.4, -0.2) is 114 Å². The van der Waals surface area contributed by atoms with Crippen molar-refractivity contribution in [1.82, 2.24) is 40.6 Å². The molecule has 7 N–H and O–H groups in total. The standard InChI is InChI=1S/C22H31N11O5S/c1-9-16-15(10(2)27-14(34)7-32-8-26-29-30-32)20(36)33(16)17(21(37)38)18(9)39-12-3-13(25-4-12)19(35)31-5-11(6-31)28-22(23)24/h8-13,15-16,25H,3-7H2,1-2H3,(H,27,34)(H,37,38)(H4,23,24,28)/t9-,10-,12+,13+,15-,16-/m1/s1. The zero-order chi connectivity index (χ0) is 28.0. The van der Waals surface area contributed by atoms with Crippen LogP contribution < -0.4 is 22.1 Å². The van der Waals surface area contributed by atoms with Gasteiger partial charge in [0.05, 0.1) is 24.0 Å². The van der Waals surface area contributed by atoms with E-state index in [1.165, 1.54) is 27.7 Å². The number of amides is 3. The number of tetrazole rings is 1. The van der Waals surface area contributed by atoms with E-state index in [-0.39, 0.29) is 65.2 Å². The smallest absolute Gasteiger partial charge is 0.353 e. The zero-order valence-corrected chi connectivity index (χ0v) is 22.2. The molecule has 39 heavy (non-hydrogen) atoms. The predicted molar refractivity (Wildman–Crippen MR) is 137 cm³/mol. The highest BCUT2D eigenvalue weighted by Gasteiger charge is 2.60. The Balaban J connectivity index is 1.20. The number of likely N-dealkylation sites (tertiary alicyclic amines) is 1. The first-order chi connectivity index (χ1) is 18.5. The molecule has 1 aromatic rings. The number of β-lactam (4-membered cyclic amide) rings is 1. The van der Waals surface area contributed by atoms with Crippen molar-refractivity contribution in [3.8, 4) is 0 Å². The van der Waals surface area contributed by atoms with Gasteiger partial charge in [-0.15, -0.1) is 16.9 Å². The fourth-order valence-electron chi connectivity index (χ4n) is 5.79. The van der Waals surface area contributed by atoms with Crippen molar-refractivity contribution in [1.29, 1.82) is 0 Å². The number of carboxylic acids is 1. The minimum Gasteiger partial charge on any atom is -0.477 e. The quantitative estimate of drug-likeness (QED) is 0.115. The number of nitrogens with two attached hydrogens (primary N) is 2. The maximum absolute atomic E-state index is 13.1. The van der Waals surface area contributed by atoms with Crippen LogP contribution in [0.5, 0.6) is 0 Å². The lowest BCUT2D eigenvalue weighted by molar-refractivity contribution is -0.158. The van der Waals surface area contributed by atoms with Crippen LogP contribution in [0.15, 0.2) is 21.9 Å². The molecule has 210 valence electrons. The predicted octanol–water partition coefficient (Wildman–Crippen LogP) is -3.10. The number of rotatable bonds is 9. The highest BCUT2D eigenvalue weighted by Crippen LogP contribution is 2.51. The van der Waals surface area contributed by atoms with Crippen LogP contribution in [0.2, 0.25) is 0 Å². The number of hydrogen-bond acceptors (Lipinski definition) is 10. The van der Waals surface area contributed by atoms with Gasteiger partial charge in [-0.3, -0.25) is 14.4 Å². The molecule has 5 rings (SSSR count). The Labute approximate surface area is 227 Å². The van der Waals surface area contributed by atoms with Gasteiger partial charge in [0.2, 0.25) is 17.7 Å². The summed E-state index contributed by atoms with van der Waals surface area (Å²) in [6.07, 6.45) is 1.84. The molecule has 3 amide bonds. The number of aliphatic imine (C=N–C) groups is 1. The molecular formula is C22H31N11O5S. The van der Waals surface area contributed by atoms with Crippen molar-refractivity contribution in [2.75, 3.05) is 19.6 Å². The van der Waals surface area contributed by atoms with Crippen molar-refractivity contribution >= 4 is 41.4 Å². The Morgan fingerprint density at radius 2 is 2.08 bits per heavy atom. The van der Waals surface area contributed by atoms with Gasteiger partial charge in [-0.1, -0.05) is 6.92 Å². The van der Waals surface area contributed by atoms with Gasteiger partial charge in [0.1, 0.15) is 18.6 Å². The van der Waals surface area contributed by atoms with Gasteiger partial charge in [0, 0.05) is 41.7 Å². The summed E-state index contributed by atoms with van der Waals surface area (Å²) < 4.78 is 1.27. The second-order valence-corrected chi connectivity index (χ2v) is 11.6. The molecule has 0 aromatic carbocycles. The molecular weight excluding hydrogens is 530 g/mol. The maximum atomic E-state index is 13.1. The van der Waals surface area contributed by atoms with Gasteiger partial charge in [-0.25, -0.2) is 14.5 Å². The SMILES string of the molecule is C[C@@H](NC(=O)Cn1cnnn1)[C@H]1C(=O)N2C(C(=O)O)=C(S[C@@H]3CN[C@H](C(=O)N4CC(N=C(N)N)C4)C3)[C@H](C)[C@H]12. The molecule has 16 nitrogen and oxygen atoms in total. The van der Waals surface area contributed by atoms with Crippen molar-refractivity contribution in [2.45, 2.75) is 56.2 Å². The number of nitrogens with one attached hydrogen (secondary N) is 2. The number of thioether (sulfide) groups is 1. The lowest BCUT2D eigenvalue weighted by atomic mass is 9.78. The van der Waals surface area contributed by atoms with Gasteiger partial charge in [-0.2, -0.15) is 0 Å². The summed E-state index contributed by atoms with van der Waals surface area (Å²) in [4.78, 5) is 58.4.